The highest BCUT2D eigenvalue weighted by molar-refractivity contribution is 6.71. The molecule has 1 aliphatic heterocycles. The van der Waals surface area contributed by atoms with Crippen molar-refractivity contribution in [2.75, 3.05) is 65.1 Å². The summed E-state index contributed by atoms with van der Waals surface area (Å²) in [5.74, 6) is 0. The summed E-state index contributed by atoms with van der Waals surface area (Å²) in [6, 6.07) is 0. The first kappa shape index (κ1) is 26.1. The third-order valence-electron chi connectivity index (χ3n) is 5.99. The van der Waals surface area contributed by atoms with Crippen LogP contribution in [0.25, 0.3) is 0 Å². The van der Waals surface area contributed by atoms with E-state index in [-0.39, 0.29) is 0 Å². The van der Waals surface area contributed by atoms with Crippen molar-refractivity contribution in [1.29, 1.82) is 0 Å². The van der Waals surface area contributed by atoms with E-state index in [2.05, 4.69) is 48.6 Å². The summed E-state index contributed by atoms with van der Waals surface area (Å²) in [5, 5.41) is 0. The molecule has 1 saturated heterocycles. The van der Waals surface area contributed by atoms with E-state index < -0.39 is 8.32 Å². The summed E-state index contributed by atoms with van der Waals surface area (Å²) in [6.45, 7) is 22.4. The number of nitrogens with zero attached hydrogens (tertiary/aromatic N) is 3. The minimum Gasteiger partial charge on any atom is -0.416 e. The van der Waals surface area contributed by atoms with Crippen LogP contribution >= 0.6 is 0 Å². The molecule has 0 aromatic heterocycles. The van der Waals surface area contributed by atoms with Gasteiger partial charge in [0.25, 0.3) is 0 Å². The third-order valence-corrected chi connectivity index (χ3v) is 8.27. The van der Waals surface area contributed by atoms with Crippen molar-refractivity contribution >= 4 is 8.32 Å². The van der Waals surface area contributed by atoms with Crippen molar-refractivity contribution in [2.45, 2.75) is 85.2 Å². The van der Waals surface area contributed by atoms with Gasteiger partial charge < -0.3 is 14.2 Å². The molecular weight excluding hydrogens is 362 g/mol. The van der Waals surface area contributed by atoms with Gasteiger partial charge in [0.05, 0.1) is 0 Å². The average Bonchev–Trinajstić information content (AvgIpc) is 2.66. The second kappa shape index (κ2) is 15.8. The molecule has 0 saturated carbocycles. The summed E-state index contributed by atoms with van der Waals surface area (Å²) in [5.41, 5.74) is 0. The predicted octanol–water partition coefficient (Wildman–Crippen LogP) is 4.85. The zero-order valence-electron chi connectivity index (χ0n) is 20.0. The lowest BCUT2D eigenvalue weighted by atomic mass is 10.1. The summed E-state index contributed by atoms with van der Waals surface area (Å²) in [6.07, 6.45) is 12.2. The van der Waals surface area contributed by atoms with Crippen LogP contribution in [0.3, 0.4) is 0 Å². The standard InChI is InChI=1S/C23H51N3OSi/c1-6-9-11-13-15-24(16-14-12-10-7-2)17-18-25-19-21-26(22-20-25)23-28(4,5)27-8-3/h6-23H2,1-5H3. The first-order valence-electron chi connectivity index (χ1n) is 12.3. The molecule has 1 rings (SSSR count). The Bertz CT molecular complexity index is 348. The van der Waals surface area contributed by atoms with E-state index in [0.29, 0.717) is 0 Å². The Morgan fingerprint density at radius 3 is 1.75 bits per heavy atom. The van der Waals surface area contributed by atoms with Crippen molar-refractivity contribution in [1.82, 2.24) is 14.7 Å². The minimum atomic E-state index is -1.49. The van der Waals surface area contributed by atoms with Gasteiger partial charge in [0.15, 0.2) is 8.32 Å². The van der Waals surface area contributed by atoms with E-state index in [1.54, 1.807) is 0 Å². The minimum absolute atomic E-state index is 0.867. The van der Waals surface area contributed by atoms with Crippen LogP contribution in [0.2, 0.25) is 13.1 Å². The van der Waals surface area contributed by atoms with Crippen LogP contribution in [0.15, 0.2) is 0 Å². The summed E-state index contributed by atoms with van der Waals surface area (Å²) >= 11 is 0. The fourth-order valence-electron chi connectivity index (χ4n) is 4.29. The van der Waals surface area contributed by atoms with Gasteiger partial charge in [0, 0.05) is 52.0 Å². The van der Waals surface area contributed by atoms with Crippen LogP contribution in [0.5, 0.6) is 0 Å². The van der Waals surface area contributed by atoms with Gasteiger partial charge in [0.2, 0.25) is 0 Å². The number of hydrogen-bond acceptors (Lipinski definition) is 4. The molecule has 1 fully saturated rings. The highest BCUT2D eigenvalue weighted by Crippen LogP contribution is 2.11. The SMILES string of the molecule is CCCCCCN(CCCCCC)CCN1CCN(C[Si](C)(C)OCC)CC1. The first-order valence-corrected chi connectivity index (χ1v) is 15.4. The fourth-order valence-corrected chi connectivity index (χ4v) is 6.55. The van der Waals surface area contributed by atoms with E-state index >= 15 is 0 Å². The molecule has 0 N–H and O–H groups in total. The Balaban J connectivity index is 2.28. The van der Waals surface area contributed by atoms with Gasteiger partial charge in [-0.3, -0.25) is 4.90 Å². The Kier molecular flexibility index (Phi) is 14.8. The number of unbranched alkanes of at least 4 members (excludes halogenated alkanes) is 6. The Morgan fingerprint density at radius 1 is 0.714 bits per heavy atom. The van der Waals surface area contributed by atoms with Crippen LogP contribution in [0, 0.1) is 0 Å². The van der Waals surface area contributed by atoms with E-state index in [0.717, 1.165) is 6.61 Å². The van der Waals surface area contributed by atoms with Crippen LogP contribution in [0.1, 0.15) is 72.1 Å². The van der Waals surface area contributed by atoms with Gasteiger partial charge in [-0.25, -0.2) is 0 Å². The molecule has 0 atom stereocenters. The summed E-state index contributed by atoms with van der Waals surface area (Å²) in [7, 11) is -1.49. The van der Waals surface area contributed by atoms with Gasteiger partial charge in [-0.05, 0) is 45.9 Å². The van der Waals surface area contributed by atoms with Gasteiger partial charge in [-0.15, -0.1) is 0 Å². The molecule has 0 amide bonds. The van der Waals surface area contributed by atoms with Crippen molar-refractivity contribution in [3.63, 3.8) is 0 Å². The van der Waals surface area contributed by atoms with E-state index in [1.807, 2.05) is 0 Å². The molecule has 0 aliphatic carbocycles. The number of piperazine rings is 1. The first-order chi connectivity index (χ1) is 13.5. The molecule has 1 aliphatic rings. The molecule has 0 bridgehead atoms. The summed E-state index contributed by atoms with van der Waals surface area (Å²) < 4.78 is 6.02. The maximum atomic E-state index is 6.02. The van der Waals surface area contributed by atoms with Crippen molar-refractivity contribution in [3.8, 4) is 0 Å². The highest BCUT2D eigenvalue weighted by atomic mass is 28.4. The maximum Gasteiger partial charge on any atom is 0.200 e. The van der Waals surface area contributed by atoms with Crippen molar-refractivity contribution in [3.05, 3.63) is 0 Å². The lowest BCUT2D eigenvalue weighted by Crippen LogP contribution is -2.53. The predicted molar refractivity (Wildman–Crippen MR) is 127 cm³/mol. The third kappa shape index (κ3) is 12.6. The Labute approximate surface area is 178 Å². The normalized spacial score (nSPS) is 16.9. The second-order valence-corrected chi connectivity index (χ2v) is 13.4. The average molecular weight is 414 g/mol. The number of rotatable bonds is 17. The van der Waals surface area contributed by atoms with Crippen molar-refractivity contribution in [2.24, 2.45) is 0 Å². The zero-order chi connectivity index (χ0) is 20.7. The molecular formula is C23H51N3OSi. The smallest absolute Gasteiger partial charge is 0.200 e. The van der Waals surface area contributed by atoms with E-state index in [4.69, 9.17) is 4.43 Å². The highest BCUT2D eigenvalue weighted by Gasteiger charge is 2.27. The van der Waals surface area contributed by atoms with Gasteiger partial charge in [-0.1, -0.05) is 52.4 Å². The zero-order valence-corrected chi connectivity index (χ0v) is 21.0. The van der Waals surface area contributed by atoms with Crippen molar-refractivity contribution < 1.29 is 4.43 Å². The largest absolute Gasteiger partial charge is 0.416 e. The molecule has 0 unspecified atom stereocenters. The fraction of sp³-hybridized carbons (Fsp3) is 1.00. The molecule has 28 heavy (non-hydrogen) atoms. The Hall–Kier alpha value is 0.0569. The van der Waals surface area contributed by atoms with Gasteiger partial charge >= 0.3 is 0 Å². The summed E-state index contributed by atoms with van der Waals surface area (Å²) in [4.78, 5) is 8.09. The second-order valence-electron chi connectivity index (χ2n) is 9.27. The molecule has 168 valence electrons. The molecule has 1 heterocycles. The molecule has 4 nitrogen and oxygen atoms in total. The van der Waals surface area contributed by atoms with E-state index in [1.165, 1.54) is 110 Å². The molecule has 0 aromatic carbocycles. The molecule has 5 heteroatoms. The number of hydrogen-bond donors (Lipinski definition) is 0. The van der Waals surface area contributed by atoms with Gasteiger partial charge in [0.1, 0.15) is 0 Å². The van der Waals surface area contributed by atoms with Crippen LogP contribution in [0.4, 0.5) is 0 Å². The van der Waals surface area contributed by atoms with E-state index in [9.17, 15) is 0 Å². The van der Waals surface area contributed by atoms with Crippen LogP contribution in [-0.2, 0) is 4.43 Å². The molecule has 0 radical (unpaired) electrons. The van der Waals surface area contributed by atoms with Crippen LogP contribution < -0.4 is 0 Å². The lowest BCUT2D eigenvalue weighted by Gasteiger charge is -2.38. The van der Waals surface area contributed by atoms with Gasteiger partial charge in [-0.2, -0.15) is 0 Å². The molecule has 0 spiro atoms. The maximum absolute atomic E-state index is 6.02. The molecule has 0 aromatic rings. The quantitative estimate of drug-likeness (QED) is 0.251. The topological polar surface area (TPSA) is 19.0 Å². The lowest BCUT2D eigenvalue weighted by molar-refractivity contribution is 0.124. The monoisotopic (exact) mass is 413 g/mol. The Morgan fingerprint density at radius 2 is 1.25 bits per heavy atom. The van der Waals surface area contributed by atoms with Crippen LogP contribution in [-0.4, -0.2) is 88.2 Å².